The zero-order valence-corrected chi connectivity index (χ0v) is 15.9. The summed E-state index contributed by atoms with van der Waals surface area (Å²) in [7, 11) is 1.60. The summed E-state index contributed by atoms with van der Waals surface area (Å²) in [6.45, 7) is 1.79. The highest BCUT2D eigenvalue weighted by molar-refractivity contribution is 5.85. The Morgan fingerprint density at radius 1 is 1.18 bits per heavy atom. The third-order valence-corrected chi connectivity index (χ3v) is 4.61. The fourth-order valence-corrected chi connectivity index (χ4v) is 3.18. The highest BCUT2D eigenvalue weighted by atomic mass is 19.1. The average molecular weight is 382 g/mol. The van der Waals surface area contributed by atoms with Gasteiger partial charge in [-0.25, -0.2) is 4.39 Å². The van der Waals surface area contributed by atoms with E-state index in [0.717, 1.165) is 16.5 Å². The van der Waals surface area contributed by atoms with E-state index in [9.17, 15) is 14.0 Å². The van der Waals surface area contributed by atoms with Gasteiger partial charge in [-0.15, -0.1) is 0 Å². The standard InChI is InChI=1S/C22H23FN2O3/c1-15(22(27)25(2)14-16-6-5-7-18(23)12-16)28-21(26)11-10-17-13-24-20-9-4-3-8-19(17)20/h3-9,12-13,15,24H,10-11,14H2,1-2H3/t15-/m1/s1. The van der Waals surface area contributed by atoms with Crippen LogP contribution < -0.4 is 0 Å². The molecule has 1 heterocycles. The molecule has 0 saturated carbocycles. The predicted octanol–water partition coefficient (Wildman–Crippen LogP) is 3.83. The Bertz CT molecular complexity index is 983. The summed E-state index contributed by atoms with van der Waals surface area (Å²) >= 11 is 0. The van der Waals surface area contributed by atoms with Crippen molar-refractivity contribution in [1.82, 2.24) is 9.88 Å². The van der Waals surface area contributed by atoms with Gasteiger partial charge >= 0.3 is 5.97 Å². The van der Waals surface area contributed by atoms with Gasteiger partial charge in [-0.2, -0.15) is 0 Å². The Kier molecular flexibility index (Phi) is 6.09. The van der Waals surface area contributed by atoms with Gasteiger partial charge in [0, 0.05) is 37.1 Å². The lowest BCUT2D eigenvalue weighted by Gasteiger charge is -2.21. The number of aromatic amines is 1. The normalized spacial score (nSPS) is 12.0. The number of H-pyrrole nitrogens is 1. The zero-order valence-electron chi connectivity index (χ0n) is 15.9. The third kappa shape index (κ3) is 4.76. The van der Waals surface area contributed by atoms with Gasteiger partial charge in [-0.1, -0.05) is 30.3 Å². The van der Waals surface area contributed by atoms with Gasteiger partial charge in [-0.05, 0) is 42.7 Å². The summed E-state index contributed by atoms with van der Waals surface area (Å²) in [5, 5.41) is 1.08. The van der Waals surface area contributed by atoms with Crippen LogP contribution in [0.1, 0.15) is 24.5 Å². The topological polar surface area (TPSA) is 62.4 Å². The molecule has 1 amide bonds. The number of para-hydroxylation sites is 1. The first-order valence-electron chi connectivity index (χ1n) is 9.18. The summed E-state index contributed by atoms with van der Waals surface area (Å²) in [6, 6.07) is 13.9. The van der Waals surface area contributed by atoms with Crippen molar-refractivity contribution in [3.63, 3.8) is 0 Å². The molecule has 5 nitrogen and oxygen atoms in total. The number of amides is 1. The number of aromatic nitrogens is 1. The van der Waals surface area contributed by atoms with Crippen LogP contribution >= 0.6 is 0 Å². The van der Waals surface area contributed by atoms with Gasteiger partial charge in [0.1, 0.15) is 5.82 Å². The molecule has 1 N–H and O–H groups in total. The maximum Gasteiger partial charge on any atom is 0.306 e. The highest BCUT2D eigenvalue weighted by Gasteiger charge is 2.21. The van der Waals surface area contributed by atoms with Crippen LogP contribution in [0.4, 0.5) is 4.39 Å². The van der Waals surface area contributed by atoms with E-state index in [1.807, 2.05) is 30.5 Å². The molecule has 0 aliphatic heterocycles. The van der Waals surface area contributed by atoms with Gasteiger partial charge in [-0.3, -0.25) is 9.59 Å². The van der Waals surface area contributed by atoms with E-state index in [0.29, 0.717) is 12.0 Å². The van der Waals surface area contributed by atoms with Crippen molar-refractivity contribution < 1.29 is 18.7 Å². The predicted molar refractivity (Wildman–Crippen MR) is 105 cm³/mol. The van der Waals surface area contributed by atoms with E-state index in [2.05, 4.69) is 4.98 Å². The summed E-state index contributed by atoms with van der Waals surface area (Å²) < 4.78 is 18.6. The number of aryl methyl sites for hydroxylation is 1. The molecular weight excluding hydrogens is 359 g/mol. The minimum atomic E-state index is -0.894. The molecule has 0 unspecified atom stereocenters. The van der Waals surface area contributed by atoms with Crippen LogP contribution in [0.25, 0.3) is 10.9 Å². The molecule has 0 aliphatic carbocycles. The number of esters is 1. The number of carbonyl (C=O) groups is 2. The molecule has 1 atom stereocenters. The molecule has 0 aliphatic rings. The maximum absolute atomic E-state index is 13.3. The van der Waals surface area contributed by atoms with E-state index in [1.165, 1.54) is 17.0 Å². The Balaban J connectivity index is 1.51. The number of rotatable bonds is 7. The molecule has 2 aromatic carbocycles. The number of fused-ring (bicyclic) bond motifs is 1. The lowest BCUT2D eigenvalue weighted by Crippen LogP contribution is -2.37. The fraction of sp³-hybridized carbons (Fsp3) is 0.273. The second kappa shape index (κ2) is 8.69. The van der Waals surface area contributed by atoms with Crippen LogP contribution in [0.3, 0.4) is 0 Å². The van der Waals surface area contributed by atoms with E-state index in [-0.39, 0.29) is 24.7 Å². The van der Waals surface area contributed by atoms with Crippen molar-refractivity contribution in [2.75, 3.05) is 7.05 Å². The van der Waals surface area contributed by atoms with Crippen molar-refractivity contribution in [3.05, 3.63) is 71.7 Å². The van der Waals surface area contributed by atoms with Gasteiger partial charge < -0.3 is 14.6 Å². The molecule has 3 aromatic rings. The number of benzene rings is 2. The lowest BCUT2D eigenvalue weighted by molar-refractivity contribution is -0.158. The SMILES string of the molecule is C[C@@H](OC(=O)CCc1c[nH]c2ccccc12)C(=O)N(C)Cc1cccc(F)c1. The van der Waals surface area contributed by atoms with Crippen LogP contribution in [0.15, 0.2) is 54.7 Å². The van der Waals surface area contributed by atoms with Gasteiger partial charge in [0.25, 0.3) is 5.91 Å². The number of nitrogens with zero attached hydrogens (tertiary/aromatic N) is 1. The molecule has 0 bridgehead atoms. The van der Waals surface area contributed by atoms with Crippen molar-refractivity contribution in [2.45, 2.75) is 32.4 Å². The first kappa shape index (κ1) is 19.6. The van der Waals surface area contributed by atoms with Gasteiger partial charge in [0.2, 0.25) is 0 Å². The molecule has 146 valence electrons. The van der Waals surface area contributed by atoms with Crippen LogP contribution in [-0.4, -0.2) is 34.9 Å². The largest absolute Gasteiger partial charge is 0.453 e. The minimum Gasteiger partial charge on any atom is -0.453 e. The smallest absolute Gasteiger partial charge is 0.306 e. The highest BCUT2D eigenvalue weighted by Crippen LogP contribution is 2.19. The summed E-state index contributed by atoms with van der Waals surface area (Å²) in [4.78, 5) is 29.2. The third-order valence-electron chi connectivity index (χ3n) is 4.61. The molecule has 0 fully saturated rings. The van der Waals surface area contributed by atoms with E-state index >= 15 is 0 Å². The summed E-state index contributed by atoms with van der Waals surface area (Å²) in [5.74, 6) is -1.11. The Morgan fingerprint density at radius 2 is 1.96 bits per heavy atom. The number of hydrogen-bond donors (Lipinski definition) is 1. The zero-order chi connectivity index (χ0) is 20.1. The number of nitrogens with one attached hydrogen (secondary N) is 1. The van der Waals surface area contributed by atoms with Crippen LogP contribution in [0.2, 0.25) is 0 Å². The quantitative estimate of drug-likeness (QED) is 0.632. The van der Waals surface area contributed by atoms with Crippen molar-refractivity contribution in [2.24, 2.45) is 0 Å². The number of hydrogen-bond acceptors (Lipinski definition) is 3. The number of likely N-dealkylation sites (N-methyl/N-ethyl adjacent to an activating group) is 1. The Hall–Kier alpha value is -3.15. The van der Waals surface area contributed by atoms with Crippen molar-refractivity contribution >= 4 is 22.8 Å². The second-order valence-electron chi connectivity index (χ2n) is 6.82. The lowest BCUT2D eigenvalue weighted by atomic mass is 10.1. The molecule has 28 heavy (non-hydrogen) atoms. The Labute approximate surface area is 163 Å². The monoisotopic (exact) mass is 382 g/mol. The van der Waals surface area contributed by atoms with E-state index in [1.54, 1.807) is 26.1 Å². The number of halogens is 1. The summed E-state index contributed by atoms with van der Waals surface area (Å²) in [5.41, 5.74) is 2.73. The first-order chi connectivity index (χ1) is 13.4. The second-order valence-corrected chi connectivity index (χ2v) is 6.82. The maximum atomic E-state index is 13.3. The fourth-order valence-electron chi connectivity index (χ4n) is 3.18. The van der Waals surface area contributed by atoms with Gasteiger partial charge in [0.05, 0.1) is 0 Å². The van der Waals surface area contributed by atoms with E-state index in [4.69, 9.17) is 4.74 Å². The summed E-state index contributed by atoms with van der Waals surface area (Å²) in [6.07, 6.45) is 1.71. The molecule has 0 saturated heterocycles. The Morgan fingerprint density at radius 3 is 2.75 bits per heavy atom. The van der Waals surface area contributed by atoms with E-state index < -0.39 is 12.1 Å². The molecule has 6 heteroatoms. The number of carbonyl (C=O) groups excluding carboxylic acids is 2. The molecular formula is C22H23FN2O3. The molecule has 0 radical (unpaired) electrons. The molecule has 0 spiro atoms. The van der Waals surface area contributed by atoms with Crippen molar-refractivity contribution in [3.8, 4) is 0 Å². The van der Waals surface area contributed by atoms with Crippen LogP contribution in [-0.2, 0) is 27.3 Å². The molecule has 3 rings (SSSR count). The average Bonchev–Trinajstić information content (AvgIpc) is 3.09. The first-order valence-corrected chi connectivity index (χ1v) is 9.18. The van der Waals surface area contributed by atoms with Gasteiger partial charge in [0.15, 0.2) is 6.10 Å². The van der Waals surface area contributed by atoms with Crippen LogP contribution in [0, 0.1) is 5.82 Å². The number of ether oxygens (including phenoxy) is 1. The minimum absolute atomic E-state index is 0.188. The van der Waals surface area contributed by atoms with Crippen molar-refractivity contribution in [1.29, 1.82) is 0 Å². The molecule has 1 aromatic heterocycles. The van der Waals surface area contributed by atoms with Crippen LogP contribution in [0.5, 0.6) is 0 Å².